The van der Waals surface area contributed by atoms with Crippen LogP contribution in [0.5, 0.6) is 0 Å². The van der Waals surface area contributed by atoms with Gasteiger partial charge < -0.3 is 10.2 Å². The van der Waals surface area contributed by atoms with Crippen LogP contribution in [0.4, 0.5) is 11.6 Å². The summed E-state index contributed by atoms with van der Waals surface area (Å²) in [6.07, 6.45) is 7.07. The number of imidazole rings is 1. The number of hydrogen-bond acceptors (Lipinski definition) is 6. The second kappa shape index (κ2) is 5.43. The zero-order valence-electron chi connectivity index (χ0n) is 13.4. The fourth-order valence-corrected chi connectivity index (χ4v) is 3.52. The third-order valence-electron chi connectivity index (χ3n) is 4.92. The molecule has 4 heterocycles. The van der Waals surface area contributed by atoms with E-state index in [1.165, 1.54) is 17.7 Å². The molecule has 3 aromatic heterocycles. The third-order valence-corrected chi connectivity index (χ3v) is 4.92. The van der Waals surface area contributed by atoms with Crippen LogP contribution in [0.1, 0.15) is 17.7 Å². The predicted molar refractivity (Wildman–Crippen MR) is 91.2 cm³/mol. The standard InChI is InChI=1S/C17H19N7/c1-2-13-8-17(21-20-14(13)3-1)23-10-12(11-23)9-19-15-4-5-16-18-6-7-24(16)22-15/h4-8,12H,1-3,9-11H2,(H,19,22). The lowest BCUT2D eigenvalue weighted by molar-refractivity contribution is 0.424. The molecule has 122 valence electrons. The van der Waals surface area contributed by atoms with Gasteiger partial charge in [0.1, 0.15) is 5.82 Å². The molecule has 0 unspecified atom stereocenters. The second-order valence-electron chi connectivity index (χ2n) is 6.63. The Labute approximate surface area is 139 Å². The Morgan fingerprint density at radius 2 is 2.12 bits per heavy atom. The molecule has 0 amide bonds. The Bertz CT molecular complexity index is 882. The molecule has 3 aromatic rings. The van der Waals surface area contributed by atoms with E-state index in [-0.39, 0.29) is 0 Å². The molecule has 0 aromatic carbocycles. The second-order valence-corrected chi connectivity index (χ2v) is 6.63. The van der Waals surface area contributed by atoms with Crippen LogP contribution in [-0.2, 0) is 12.8 Å². The van der Waals surface area contributed by atoms with Crippen molar-refractivity contribution in [3.63, 3.8) is 0 Å². The first-order valence-corrected chi connectivity index (χ1v) is 8.50. The van der Waals surface area contributed by atoms with E-state index in [9.17, 15) is 0 Å². The zero-order chi connectivity index (χ0) is 15.9. The van der Waals surface area contributed by atoms with Crippen molar-refractivity contribution in [1.82, 2.24) is 24.8 Å². The molecular weight excluding hydrogens is 302 g/mol. The van der Waals surface area contributed by atoms with Gasteiger partial charge in [0, 0.05) is 37.9 Å². The summed E-state index contributed by atoms with van der Waals surface area (Å²) in [5.41, 5.74) is 3.45. The van der Waals surface area contributed by atoms with Crippen LogP contribution in [0.15, 0.2) is 30.6 Å². The molecule has 1 aliphatic heterocycles. The van der Waals surface area contributed by atoms with E-state index in [1.54, 1.807) is 10.7 Å². The summed E-state index contributed by atoms with van der Waals surface area (Å²) in [7, 11) is 0. The van der Waals surface area contributed by atoms with Crippen LogP contribution in [0.2, 0.25) is 0 Å². The van der Waals surface area contributed by atoms with Gasteiger partial charge in [-0.1, -0.05) is 0 Å². The smallest absolute Gasteiger partial charge is 0.153 e. The molecule has 0 saturated carbocycles. The predicted octanol–water partition coefficient (Wildman–Crippen LogP) is 1.56. The maximum Gasteiger partial charge on any atom is 0.153 e. The number of aromatic nitrogens is 5. The highest BCUT2D eigenvalue weighted by Gasteiger charge is 2.28. The molecule has 1 aliphatic carbocycles. The van der Waals surface area contributed by atoms with Gasteiger partial charge in [-0.25, -0.2) is 9.50 Å². The normalized spacial score (nSPS) is 17.1. The highest BCUT2D eigenvalue weighted by molar-refractivity contribution is 5.46. The van der Waals surface area contributed by atoms with Crippen molar-refractivity contribution in [2.75, 3.05) is 29.9 Å². The van der Waals surface area contributed by atoms with E-state index in [1.807, 2.05) is 18.3 Å². The molecule has 0 radical (unpaired) electrons. The molecule has 7 nitrogen and oxygen atoms in total. The molecule has 7 heteroatoms. The van der Waals surface area contributed by atoms with E-state index < -0.39 is 0 Å². The zero-order valence-corrected chi connectivity index (χ0v) is 13.4. The molecular formula is C17H19N7. The molecule has 0 bridgehead atoms. The molecule has 0 atom stereocenters. The Hall–Kier alpha value is -2.70. The van der Waals surface area contributed by atoms with E-state index in [4.69, 9.17) is 0 Å². The average molecular weight is 321 g/mol. The van der Waals surface area contributed by atoms with Crippen LogP contribution >= 0.6 is 0 Å². The number of nitrogens with one attached hydrogen (secondary N) is 1. The summed E-state index contributed by atoms with van der Waals surface area (Å²) in [5.74, 6) is 2.53. The number of fused-ring (bicyclic) bond motifs is 2. The minimum atomic E-state index is 0.611. The van der Waals surface area contributed by atoms with E-state index in [0.29, 0.717) is 5.92 Å². The third kappa shape index (κ3) is 2.36. The van der Waals surface area contributed by atoms with Crippen molar-refractivity contribution in [3.8, 4) is 0 Å². The van der Waals surface area contributed by atoms with E-state index in [2.05, 4.69) is 36.6 Å². The largest absolute Gasteiger partial charge is 0.368 e. The number of nitrogens with zero attached hydrogens (tertiary/aromatic N) is 6. The summed E-state index contributed by atoms with van der Waals surface area (Å²) >= 11 is 0. The minimum absolute atomic E-state index is 0.611. The number of hydrogen-bond donors (Lipinski definition) is 1. The fraction of sp³-hybridized carbons (Fsp3) is 0.412. The number of aryl methyl sites for hydroxylation is 2. The topological polar surface area (TPSA) is 71.2 Å². The molecule has 24 heavy (non-hydrogen) atoms. The minimum Gasteiger partial charge on any atom is -0.368 e. The van der Waals surface area contributed by atoms with Gasteiger partial charge in [-0.2, -0.15) is 5.10 Å². The number of anilines is 2. The quantitative estimate of drug-likeness (QED) is 0.786. The molecule has 0 spiro atoms. The first-order valence-electron chi connectivity index (χ1n) is 8.50. The van der Waals surface area contributed by atoms with Gasteiger partial charge in [-0.05, 0) is 43.0 Å². The van der Waals surface area contributed by atoms with Gasteiger partial charge in [0.2, 0.25) is 0 Å². The van der Waals surface area contributed by atoms with Crippen molar-refractivity contribution in [2.24, 2.45) is 5.92 Å². The summed E-state index contributed by atoms with van der Waals surface area (Å²) in [6, 6.07) is 6.18. The summed E-state index contributed by atoms with van der Waals surface area (Å²) < 4.78 is 1.79. The van der Waals surface area contributed by atoms with Crippen molar-refractivity contribution in [3.05, 3.63) is 41.9 Å². The van der Waals surface area contributed by atoms with Crippen molar-refractivity contribution < 1.29 is 0 Å². The highest BCUT2D eigenvalue weighted by atomic mass is 15.3. The maximum absolute atomic E-state index is 4.49. The van der Waals surface area contributed by atoms with Crippen molar-refractivity contribution >= 4 is 17.3 Å². The number of rotatable bonds is 4. The lowest BCUT2D eigenvalue weighted by Gasteiger charge is -2.40. The molecule has 1 N–H and O–H groups in total. The van der Waals surface area contributed by atoms with Gasteiger partial charge in [0.15, 0.2) is 11.5 Å². The monoisotopic (exact) mass is 321 g/mol. The van der Waals surface area contributed by atoms with Gasteiger partial charge in [0.05, 0.1) is 5.69 Å². The molecule has 2 aliphatic rings. The summed E-state index contributed by atoms with van der Waals surface area (Å²) in [4.78, 5) is 6.51. The van der Waals surface area contributed by atoms with Crippen LogP contribution in [0, 0.1) is 5.92 Å². The first kappa shape index (κ1) is 13.7. The van der Waals surface area contributed by atoms with Gasteiger partial charge in [0.25, 0.3) is 0 Å². The SMILES string of the molecule is c1cn2nc(NCC3CN(c4cc5c(nn4)CCC5)C3)ccc2n1. The van der Waals surface area contributed by atoms with Crippen LogP contribution in [0.3, 0.4) is 0 Å². The van der Waals surface area contributed by atoms with Gasteiger partial charge >= 0.3 is 0 Å². The lowest BCUT2D eigenvalue weighted by Crippen LogP contribution is -2.50. The van der Waals surface area contributed by atoms with Gasteiger partial charge in [-0.3, -0.25) is 0 Å². The fourth-order valence-electron chi connectivity index (χ4n) is 3.52. The van der Waals surface area contributed by atoms with Crippen molar-refractivity contribution in [1.29, 1.82) is 0 Å². The Morgan fingerprint density at radius 3 is 3.08 bits per heavy atom. The summed E-state index contributed by atoms with van der Waals surface area (Å²) in [5, 5.41) is 16.7. The molecule has 1 saturated heterocycles. The van der Waals surface area contributed by atoms with Crippen LogP contribution in [-0.4, -0.2) is 44.4 Å². The lowest BCUT2D eigenvalue weighted by atomic mass is 10.00. The Balaban J connectivity index is 1.18. The van der Waals surface area contributed by atoms with E-state index >= 15 is 0 Å². The van der Waals surface area contributed by atoms with Gasteiger partial charge in [-0.15, -0.1) is 10.2 Å². The molecule has 5 rings (SSSR count). The summed E-state index contributed by atoms with van der Waals surface area (Å²) in [6.45, 7) is 2.96. The molecule has 1 fully saturated rings. The Kier molecular flexibility index (Phi) is 3.11. The first-order chi connectivity index (χ1) is 11.8. The Morgan fingerprint density at radius 1 is 1.17 bits per heavy atom. The average Bonchev–Trinajstić information content (AvgIpc) is 3.21. The van der Waals surface area contributed by atoms with Crippen LogP contribution < -0.4 is 10.2 Å². The highest BCUT2D eigenvalue weighted by Crippen LogP contribution is 2.27. The van der Waals surface area contributed by atoms with Crippen LogP contribution in [0.25, 0.3) is 5.65 Å². The van der Waals surface area contributed by atoms with E-state index in [0.717, 1.165) is 49.8 Å². The maximum atomic E-state index is 4.49. The van der Waals surface area contributed by atoms with Crippen molar-refractivity contribution in [2.45, 2.75) is 19.3 Å².